The first-order valence-corrected chi connectivity index (χ1v) is 14.9. The van der Waals surface area contributed by atoms with E-state index in [1.54, 1.807) is 6.07 Å². The molecule has 6 heteroatoms. The van der Waals surface area contributed by atoms with Gasteiger partial charge >= 0.3 is 0 Å². The minimum atomic E-state index is -0.943. The minimum absolute atomic E-state index is 0.00628. The van der Waals surface area contributed by atoms with E-state index in [2.05, 4.69) is 18.8 Å². The number of hydrogen-bond acceptors (Lipinski definition) is 3. The number of nitrogens with zero attached hydrogens (tertiary/aromatic N) is 1. The summed E-state index contributed by atoms with van der Waals surface area (Å²) < 4.78 is 55.9. The summed E-state index contributed by atoms with van der Waals surface area (Å²) in [6.07, 6.45) is 16.1. The average molecular weight is 534 g/mol. The fourth-order valence-electron chi connectivity index (χ4n) is 5.31. The fraction of sp³-hybridized carbons (Fsp3) is 0.656. The molecule has 0 spiro atoms. The number of benzene rings is 1. The fourth-order valence-corrected chi connectivity index (χ4v) is 5.31. The van der Waals surface area contributed by atoms with Gasteiger partial charge in [0.2, 0.25) is 0 Å². The van der Waals surface area contributed by atoms with Gasteiger partial charge in [0.1, 0.15) is 0 Å². The molecule has 0 radical (unpaired) electrons. The summed E-state index contributed by atoms with van der Waals surface area (Å²) in [6.45, 7) is 5.94. The van der Waals surface area contributed by atoms with Crippen LogP contribution in [0.1, 0.15) is 108 Å². The van der Waals surface area contributed by atoms with Crippen LogP contribution >= 0.6 is 0 Å². The first-order chi connectivity index (χ1) is 18.5. The van der Waals surface area contributed by atoms with Crippen LogP contribution in [-0.4, -0.2) is 24.8 Å². The highest BCUT2D eigenvalue weighted by Crippen LogP contribution is 2.36. The number of pyridine rings is 1. The first kappa shape index (κ1) is 30.5. The van der Waals surface area contributed by atoms with Crippen LogP contribution in [0.3, 0.4) is 0 Å². The summed E-state index contributed by atoms with van der Waals surface area (Å²) in [5, 5.41) is 0. The lowest BCUT2D eigenvalue weighted by Crippen LogP contribution is -2.17. The molecule has 1 unspecified atom stereocenters. The van der Waals surface area contributed by atoms with Crippen LogP contribution in [0.5, 0.6) is 5.75 Å². The second-order valence-electron chi connectivity index (χ2n) is 10.7. The molecule has 0 saturated heterocycles. The van der Waals surface area contributed by atoms with Crippen LogP contribution in [-0.2, 0) is 17.6 Å². The Hall–Kier alpha value is -2.08. The standard InChI is InChI=1S/C32H46F3NO2/c1-3-5-7-8-9-10-11-14-24-15-16-25-23-27(31(34)30(33)26(25)22-24)28-17-18-29(32(35)36-28)38-21-13-20-37-19-12-6-4-2/h17-18,23-24H,3-16,19-22H2,1-2H3. The monoisotopic (exact) mass is 533 g/mol. The molecule has 212 valence electrons. The van der Waals surface area contributed by atoms with Crippen molar-refractivity contribution >= 4 is 0 Å². The van der Waals surface area contributed by atoms with Gasteiger partial charge in [0.05, 0.1) is 12.3 Å². The predicted octanol–water partition coefficient (Wildman–Crippen LogP) is 9.39. The number of aromatic nitrogens is 1. The third kappa shape index (κ3) is 9.29. The van der Waals surface area contributed by atoms with Gasteiger partial charge < -0.3 is 9.47 Å². The summed E-state index contributed by atoms with van der Waals surface area (Å²) >= 11 is 0. The van der Waals surface area contributed by atoms with Gasteiger partial charge in [-0.25, -0.2) is 13.8 Å². The molecular formula is C32H46F3NO2. The minimum Gasteiger partial charge on any atom is -0.489 e. The van der Waals surface area contributed by atoms with Crippen LogP contribution in [0, 0.1) is 23.5 Å². The molecule has 0 amide bonds. The Morgan fingerprint density at radius 2 is 1.53 bits per heavy atom. The van der Waals surface area contributed by atoms with Crippen molar-refractivity contribution in [1.29, 1.82) is 0 Å². The molecule has 1 aromatic heterocycles. The molecule has 0 N–H and O–H groups in total. The number of unbranched alkanes of at least 4 members (excludes halogenated alkanes) is 8. The van der Waals surface area contributed by atoms with E-state index in [1.165, 1.54) is 50.7 Å². The second kappa shape index (κ2) is 16.8. The largest absolute Gasteiger partial charge is 0.489 e. The number of fused-ring (bicyclic) bond motifs is 1. The highest BCUT2D eigenvalue weighted by atomic mass is 19.2. The van der Waals surface area contributed by atoms with Gasteiger partial charge in [-0.05, 0) is 60.9 Å². The molecule has 2 aromatic rings. The summed E-state index contributed by atoms with van der Waals surface area (Å²) in [7, 11) is 0. The van der Waals surface area contributed by atoms with Gasteiger partial charge in [-0.1, -0.05) is 78.1 Å². The van der Waals surface area contributed by atoms with Crippen molar-refractivity contribution in [3.63, 3.8) is 0 Å². The Labute approximate surface area is 227 Å². The van der Waals surface area contributed by atoms with Gasteiger partial charge in [-0.3, -0.25) is 0 Å². The van der Waals surface area contributed by atoms with Crippen molar-refractivity contribution in [3.8, 4) is 17.0 Å². The zero-order valence-corrected chi connectivity index (χ0v) is 23.4. The normalized spacial score (nSPS) is 15.0. The molecule has 3 rings (SSSR count). The topological polar surface area (TPSA) is 31.4 Å². The highest BCUT2D eigenvalue weighted by Gasteiger charge is 2.26. The molecule has 0 saturated carbocycles. The molecule has 1 aliphatic carbocycles. The Balaban J connectivity index is 1.52. The van der Waals surface area contributed by atoms with E-state index in [4.69, 9.17) is 9.47 Å². The van der Waals surface area contributed by atoms with E-state index >= 15 is 8.78 Å². The molecule has 1 aliphatic rings. The zero-order valence-electron chi connectivity index (χ0n) is 23.4. The van der Waals surface area contributed by atoms with Gasteiger partial charge in [-0.2, -0.15) is 4.39 Å². The van der Waals surface area contributed by atoms with Crippen LogP contribution < -0.4 is 4.74 Å². The molecule has 0 aliphatic heterocycles. The van der Waals surface area contributed by atoms with Crippen molar-refractivity contribution in [2.24, 2.45) is 5.92 Å². The van der Waals surface area contributed by atoms with Crippen LogP contribution in [0.2, 0.25) is 0 Å². The smallest absolute Gasteiger partial charge is 0.255 e. The Bertz CT molecular complexity index is 982. The lowest BCUT2D eigenvalue weighted by atomic mass is 9.80. The van der Waals surface area contributed by atoms with E-state index in [-0.39, 0.29) is 17.0 Å². The SMILES string of the molecule is CCCCCCCCCC1CCc2cc(-c3ccc(OCCCOCCCCC)c(F)n3)c(F)c(F)c2C1. The van der Waals surface area contributed by atoms with E-state index in [9.17, 15) is 4.39 Å². The lowest BCUT2D eigenvalue weighted by molar-refractivity contribution is 0.115. The van der Waals surface area contributed by atoms with E-state index in [0.29, 0.717) is 44.0 Å². The number of ether oxygens (including phenoxy) is 2. The summed E-state index contributed by atoms with van der Waals surface area (Å²) in [6, 6.07) is 4.60. The van der Waals surface area contributed by atoms with Gasteiger partial charge in [-0.15, -0.1) is 0 Å². The molecule has 0 fully saturated rings. The number of halogens is 3. The summed E-state index contributed by atoms with van der Waals surface area (Å²) in [5.74, 6) is -2.17. The van der Waals surface area contributed by atoms with E-state index in [1.807, 2.05) is 0 Å². The molecule has 1 heterocycles. The Morgan fingerprint density at radius 3 is 2.29 bits per heavy atom. The van der Waals surface area contributed by atoms with Crippen LogP contribution in [0.25, 0.3) is 11.3 Å². The Kier molecular flexibility index (Phi) is 13.5. The molecule has 38 heavy (non-hydrogen) atoms. The summed E-state index contributed by atoms with van der Waals surface area (Å²) in [4.78, 5) is 3.90. The Morgan fingerprint density at radius 1 is 0.816 bits per heavy atom. The zero-order chi connectivity index (χ0) is 27.2. The lowest BCUT2D eigenvalue weighted by Gasteiger charge is -2.26. The van der Waals surface area contributed by atoms with Gasteiger partial charge in [0.25, 0.3) is 5.95 Å². The first-order valence-electron chi connectivity index (χ1n) is 14.9. The third-order valence-corrected chi connectivity index (χ3v) is 7.60. The van der Waals surface area contributed by atoms with E-state index < -0.39 is 17.6 Å². The average Bonchev–Trinajstić information content (AvgIpc) is 2.92. The number of rotatable bonds is 18. The number of hydrogen-bond donors (Lipinski definition) is 0. The highest BCUT2D eigenvalue weighted by molar-refractivity contribution is 5.63. The molecule has 3 nitrogen and oxygen atoms in total. The second-order valence-corrected chi connectivity index (χ2v) is 10.7. The van der Waals surface area contributed by atoms with Crippen molar-refractivity contribution in [2.75, 3.05) is 19.8 Å². The van der Waals surface area contributed by atoms with Crippen molar-refractivity contribution in [3.05, 3.63) is 46.9 Å². The van der Waals surface area contributed by atoms with Crippen LogP contribution in [0.4, 0.5) is 13.2 Å². The molecular weight excluding hydrogens is 487 g/mol. The molecule has 0 bridgehead atoms. The van der Waals surface area contributed by atoms with Crippen molar-refractivity contribution in [2.45, 2.75) is 110 Å². The third-order valence-electron chi connectivity index (χ3n) is 7.60. The summed E-state index contributed by atoms with van der Waals surface area (Å²) in [5.41, 5.74) is 1.40. The maximum absolute atomic E-state index is 15.1. The molecule has 1 aromatic carbocycles. The van der Waals surface area contributed by atoms with Crippen molar-refractivity contribution in [1.82, 2.24) is 4.98 Å². The van der Waals surface area contributed by atoms with Crippen molar-refractivity contribution < 1.29 is 22.6 Å². The van der Waals surface area contributed by atoms with Crippen LogP contribution in [0.15, 0.2) is 18.2 Å². The maximum atomic E-state index is 15.1. The van der Waals surface area contributed by atoms with Gasteiger partial charge in [0.15, 0.2) is 17.4 Å². The maximum Gasteiger partial charge on any atom is 0.255 e. The quantitative estimate of drug-likeness (QED) is 0.141. The van der Waals surface area contributed by atoms with E-state index in [0.717, 1.165) is 50.7 Å². The predicted molar refractivity (Wildman–Crippen MR) is 148 cm³/mol. The van der Waals surface area contributed by atoms with Gasteiger partial charge in [0, 0.05) is 25.2 Å². The molecule has 1 atom stereocenters. The number of aryl methyl sites for hydroxylation is 1.